The summed E-state index contributed by atoms with van der Waals surface area (Å²) in [6.07, 6.45) is 0. The zero-order chi connectivity index (χ0) is 10.0. The summed E-state index contributed by atoms with van der Waals surface area (Å²) in [6, 6.07) is 1.66. The summed E-state index contributed by atoms with van der Waals surface area (Å²) < 4.78 is 5.33. The SMILES string of the molecule is COc1cc(C)c(Br)c(C(=O)O)n1. The highest BCUT2D eigenvalue weighted by molar-refractivity contribution is 9.10. The third kappa shape index (κ3) is 1.98. The smallest absolute Gasteiger partial charge is 0.355 e. The van der Waals surface area contributed by atoms with Crippen molar-refractivity contribution < 1.29 is 14.6 Å². The molecule has 0 saturated heterocycles. The second-order valence-electron chi connectivity index (χ2n) is 2.45. The number of nitrogens with zero attached hydrogens (tertiary/aromatic N) is 1. The van der Waals surface area contributed by atoms with Gasteiger partial charge in [0.1, 0.15) is 0 Å². The van der Waals surface area contributed by atoms with E-state index in [0.29, 0.717) is 10.4 Å². The van der Waals surface area contributed by atoms with E-state index in [2.05, 4.69) is 20.9 Å². The summed E-state index contributed by atoms with van der Waals surface area (Å²) >= 11 is 3.15. The van der Waals surface area contributed by atoms with Crippen LogP contribution < -0.4 is 4.74 Å². The number of carboxylic acids is 1. The van der Waals surface area contributed by atoms with E-state index in [-0.39, 0.29) is 5.69 Å². The van der Waals surface area contributed by atoms with Crippen LogP contribution in [0.15, 0.2) is 10.5 Å². The fraction of sp³-hybridized carbons (Fsp3) is 0.250. The molecule has 1 aromatic heterocycles. The molecule has 0 radical (unpaired) electrons. The third-order valence-corrected chi connectivity index (χ3v) is 2.53. The van der Waals surface area contributed by atoms with Crippen LogP contribution in [-0.2, 0) is 0 Å². The number of carboxylic acid groups (broad SMARTS) is 1. The van der Waals surface area contributed by atoms with Gasteiger partial charge in [-0.1, -0.05) is 0 Å². The molecule has 13 heavy (non-hydrogen) atoms. The van der Waals surface area contributed by atoms with Gasteiger partial charge in [0.2, 0.25) is 5.88 Å². The first-order valence-corrected chi connectivity index (χ1v) is 4.30. The van der Waals surface area contributed by atoms with E-state index < -0.39 is 5.97 Å². The molecule has 0 aliphatic heterocycles. The maximum Gasteiger partial charge on any atom is 0.355 e. The van der Waals surface area contributed by atoms with Crippen LogP contribution in [0.25, 0.3) is 0 Å². The minimum Gasteiger partial charge on any atom is -0.481 e. The zero-order valence-corrected chi connectivity index (χ0v) is 8.75. The van der Waals surface area contributed by atoms with Gasteiger partial charge in [-0.05, 0) is 28.4 Å². The Balaban J connectivity index is 3.33. The molecule has 0 fully saturated rings. The number of methoxy groups -OCH3 is 1. The molecule has 1 rings (SSSR count). The lowest BCUT2D eigenvalue weighted by atomic mass is 10.2. The van der Waals surface area contributed by atoms with E-state index in [1.807, 2.05) is 0 Å². The first-order chi connectivity index (χ1) is 6.06. The molecular formula is C8H8BrNO3. The van der Waals surface area contributed by atoms with Gasteiger partial charge in [-0.3, -0.25) is 0 Å². The number of carbonyl (C=O) groups is 1. The highest BCUT2D eigenvalue weighted by Crippen LogP contribution is 2.23. The number of hydrogen-bond donors (Lipinski definition) is 1. The monoisotopic (exact) mass is 245 g/mol. The molecule has 1 aromatic rings. The molecule has 4 nitrogen and oxygen atoms in total. The topological polar surface area (TPSA) is 59.4 Å². The van der Waals surface area contributed by atoms with E-state index in [9.17, 15) is 4.79 Å². The van der Waals surface area contributed by atoms with Crippen LogP contribution in [-0.4, -0.2) is 23.2 Å². The fourth-order valence-corrected chi connectivity index (χ4v) is 1.25. The number of pyridine rings is 1. The lowest BCUT2D eigenvalue weighted by Gasteiger charge is -2.05. The van der Waals surface area contributed by atoms with Crippen LogP contribution in [0.2, 0.25) is 0 Å². The number of halogens is 1. The van der Waals surface area contributed by atoms with Gasteiger partial charge in [0.05, 0.1) is 11.6 Å². The van der Waals surface area contributed by atoms with E-state index in [4.69, 9.17) is 9.84 Å². The van der Waals surface area contributed by atoms with E-state index in [1.165, 1.54) is 7.11 Å². The van der Waals surface area contributed by atoms with Crippen LogP contribution >= 0.6 is 15.9 Å². The van der Waals surface area contributed by atoms with Gasteiger partial charge >= 0.3 is 5.97 Å². The Kier molecular flexibility index (Phi) is 2.87. The Hall–Kier alpha value is -1.10. The van der Waals surface area contributed by atoms with Crippen molar-refractivity contribution in [1.82, 2.24) is 4.98 Å². The zero-order valence-electron chi connectivity index (χ0n) is 7.17. The van der Waals surface area contributed by atoms with Gasteiger partial charge in [0, 0.05) is 6.07 Å². The summed E-state index contributed by atoms with van der Waals surface area (Å²) in [5, 5.41) is 8.76. The average Bonchev–Trinajstić information content (AvgIpc) is 2.09. The van der Waals surface area contributed by atoms with Crippen molar-refractivity contribution in [1.29, 1.82) is 0 Å². The Bertz CT molecular complexity index is 351. The largest absolute Gasteiger partial charge is 0.481 e. The van der Waals surface area contributed by atoms with Crippen LogP contribution in [0.1, 0.15) is 16.1 Å². The van der Waals surface area contributed by atoms with Gasteiger partial charge in [-0.25, -0.2) is 9.78 Å². The van der Waals surface area contributed by atoms with Gasteiger partial charge in [-0.15, -0.1) is 0 Å². The van der Waals surface area contributed by atoms with Crippen LogP contribution in [0.3, 0.4) is 0 Å². The number of rotatable bonds is 2. The van der Waals surface area contributed by atoms with Crippen molar-refractivity contribution in [2.75, 3.05) is 7.11 Å². The lowest BCUT2D eigenvalue weighted by molar-refractivity contribution is 0.0688. The summed E-state index contributed by atoms with van der Waals surface area (Å²) in [6.45, 7) is 1.78. The molecule has 1 N–H and O–H groups in total. The quantitative estimate of drug-likeness (QED) is 0.865. The standard InChI is InChI=1S/C8H8BrNO3/c1-4-3-5(13-2)10-7(6(4)9)8(11)12/h3H,1-2H3,(H,11,12). The fourth-order valence-electron chi connectivity index (χ4n) is 0.873. The minimum absolute atomic E-state index is 0.0307. The molecule has 0 saturated carbocycles. The number of hydrogen-bond acceptors (Lipinski definition) is 3. The summed E-state index contributed by atoms with van der Waals surface area (Å²) in [5.74, 6) is -0.771. The van der Waals surface area contributed by atoms with Crippen molar-refractivity contribution >= 4 is 21.9 Å². The van der Waals surface area contributed by atoms with Crippen molar-refractivity contribution in [3.8, 4) is 5.88 Å². The van der Waals surface area contributed by atoms with Crippen molar-refractivity contribution in [3.63, 3.8) is 0 Å². The predicted molar refractivity (Wildman–Crippen MR) is 50.2 cm³/mol. The number of aromatic carboxylic acids is 1. The van der Waals surface area contributed by atoms with Crippen LogP contribution in [0.4, 0.5) is 0 Å². The summed E-state index contributed by atoms with van der Waals surface area (Å²) in [7, 11) is 1.45. The second-order valence-corrected chi connectivity index (χ2v) is 3.24. The second kappa shape index (κ2) is 3.74. The van der Waals surface area contributed by atoms with Gasteiger partial charge in [0.15, 0.2) is 5.69 Å². The third-order valence-electron chi connectivity index (χ3n) is 1.53. The predicted octanol–water partition coefficient (Wildman–Crippen LogP) is 1.86. The molecule has 0 bridgehead atoms. The molecule has 5 heteroatoms. The van der Waals surface area contributed by atoms with Gasteiger partial charge < -0.3 is 9.84 Å². The molecule has 1 heterocycles. The first-order valence-electron chi connectivity index (χ1n) is 3.50. The Morgan fingerprint density at radius 3 is 2.77 bits per heavy atom. The molecule has 0 aliphatic carbocycles. The van der Waals surface area contributed by atoms with E-state index >= 15 is 0 Å². The molecule has 0 spiro atoms. The van der Waals surface area contributed by atoms with E-state index in [0.717, 1.165) is 5.56 Å². The Morgan fingerprint density at radius 1 is 1.69 bits per heavy atom. The Morgan fingerprint density at radius 2 is 2.31 bits per heavy atom. The summed E-state index contributed by atoms with van der Waals surface area (Å²) in [5.41, 5.74) is 0.751. The number of aromatic nitrogens is 1. The van der Waals surface area contributed by atoms with Crippen molar-refractivity contribution in [2.24, 2.45) is 0 Å². The van der Waals surface area contributed by atoms with Crippen molar-refractivity contribution in [2.45, 2.75) is 6.92 Å². The minimum atomic E-state index is -1.08. The molecule has 0 unspecified atom stereocenters. The molecule has 0 amide bonds. The Labute approximate surface area is 83.7 Å². The first kappa shape index (κ1) is 9.98. The average molecular weight is 246 g/mol. The van der Waals surface area contributed by atoms with Gasteiger partial charge in [0.25, 0.3) is 0 Å². The summed E-state index contributed by atoms with van der Waals surface area (Å²) in [4.78, 5) is 14.5. The van der Waals surface area contributed by atoms with Crippen LogP contribution in [0, 0.1) is 6.92 Å². The number of ether oxygens (including phenoxy) is 1. The highest BCUT2D eigenvalue weighted by atomic mass is 79.9. The number of aryl methyl sites for hydroxylation is 1. The van der Waals surface area contributed by atoms with Crippen molar-refractivity contribution in [3.05, 3.63) is 21.8 Å². The maximum absolute atomic E-state index is 10.7. The molecule has 0 atom stereocenters. The van der Waals surface area contributed by atoms with Gasteiger partial charge in [-0.2, -0.15) is 0 Å². The maximum atomic E-state index is 10.7. The van der Waals surface area contributed by atoms with E-state index in [1.54, 1.807) is 13.0 Å². The molecule has 0 aromatic carbocycles. The normalized spacial score (nSPS) is 9.77. The molecule has 0 aliphatic rings. The molecule has 70 valence electrons. The molecular weight excluding hydrogens is 238 g/mol. The van der Waals surface area contributed by atoms with Crippen LogP contribution in [0.5, 0.6) is 5.88 Å². The lowest BCUT2D eigenvalue weighted by Crippen LogP contribution is -2.04. The highest BCUT2D eigenvalue weighted by Gasteiger charge is 2.13.